The lowest BCUT2D eigenvalue weighted by Crippen LogP contribution is -2.21. The molecule has 0 bridgehead atoms. The molecular formula is C10H14FNO. The molecule has 0 heterocycles. The number of aliphatic hydroxyl groups is 1. The molecule has 0 aliphatic carbocycles. The summed E-state index contributed by atoms with van der Waals surface area (Å²) in [5.74, 6) is -0.270. The van der Waals surface area contributed by atoms with Gasteiger partial charge in [0.25, 0.3) is 0 Å². The van der Waals surface area contributed by atoms with Crippen LogP contribution in [0.1, 0.15) is 17.2 Å². The number of rotatable bonds is 3. The van der Waals surface area contributed by atoms with E-state index in [4.69, 9.17) is 5.11 Å². The quantitative estimate of drug-likeness (QED) is 0.742. The Labute approximate surface area is 77.4 Å². The van der Waals surface area contributed by atoms with Crippen molar-refractivity contribution in [3.63, 3.8) is 0 Å². The molecule has 72 valence electrons. The van der Waals surface area contributed by atoms with Gasteiger partial charge in [0, 0.05) is 5.56 Å². The van der Waals surface area contributed by atoms with E-state index < -0.39 is 0 Å². The number of hydrogen-bond acceptors (Lipinski definition) is 2. The van der Waals surface area contributed by atoms with E-state index in [1.54, 1.807) is 13.1 Å². The van der Waals surface area contributed by atoms with Crippen molar-refractivity contribution in [1.82, 2.24) is 5.32 Å². The van der Waals surface area contributed by atoms with Crippen LogP contribution in [-0.4, -0.2) is 18.8 Å². The van der Waals surface area contributed by atoms with Gasteiger partial charge >= 0.3 is 0 Å². The molecule has 0 fully saturated rings. The zero-order valence-electron chi connectivity index (χ0n) is 7.84. The molecule has 1 atom stereocenters. The zero-order valence-corrected chi connectivity index (χ0v) is 7.84. The molecule has 2 N–H and O–H groups in total. The number of aliphatic hydroxyl groups excluding tert-OH is 1. The lowest BCUT2D eigenvalue weighted by atomic mass is 10.1. The number of hydrogen-bond donors (Lipinski definition) is 2. The smallest absolute Gasteiger partial charge is 0.128 e. The molecule has 3 heteroatoms. The Balaban J connectivity index is 2.99. The van der Waals surface area contributed by atoms with Crippen LogP contribution in [0.15, 0.2) is 18.2 Å². The summed E-state index contributed by atoms with van der Waals surface area (Å²) in [5.41, 5.74) is 1.39. The van der Waals surface area contributed by atoms with Gasteiger partial charge in [-0.15, -0.1) is 0 Å². The van der Waals surface area contributed by atoms with Crippen LogP contribution < -0.4 is 5.32 Å². The van der Waals surface area contributed by atoms with E-state index in [9.17, 15) is 4.39 Å². The van der Waals surface area contributed by atoms with Crippen LogP contribution in [0.4, 0.5) is 4.39 Å². The summed E-state index contributed by atoms with van der Waals surface area (Å²) in [6.45, 7) is 1.73. The third-order valence-corrected chi connectivity index (χ3v) is 2.06. The van der Waals surface area contributed by atoms with Crippen molar-refractivity contribution < 1.29 is 9.50 Å². The normalized spacial score (nSPS) is 12.9. The van der Waals surface area contributed by atoms with Crippen molar-refractivity contribution in [2.24, 2.45) is 0 Å². The Morgan fingerprint density at radius 2 is 2.23 bits per heavy atom. The predicted octanol–water partition coefficient (Wildman–Crippen LogP) is 1.39. The molecule has 1 aromatic carbocycles. The van der Waals surface area contributed by atoms with Gasteiger partial charge < -0.3 is 10.4 Å². The number of likely N-dealkylation sites (N-methyl/N-ethyl adjacent to an activating group) is 1. The van der Waals surface area contributed by atoms with Crippen LogP contribution in [0.2, 0.25) is 0 Å². The van der Waals surface area contributed by atoms with Crippen LogP contribution in [0.5, 0.6) is 0 Å². The fourth-order valence-electron chi connectivity index (χ4n) is 1.26. The van der Waals surface area contributed by atoms with E-state index in [-0.39, 0.29) is 18.5 Å². The SMILES string of the molecule is CNC(CO)c1ccc(C)cc1F. The highest BCUT2D eigenvalue weighted by atomic mass is 19.1. The summed E-state index contributed by atoms with van der Waals surface area (Å²) in [5, 5.41) is 11.8. The van der Waals surface area contributed by atoms with E-state index in [1.807, 2.05) is 13.0 Å². The second-order valence-corrected chi connectivity index (χ2v) is 3.05. The van der Waals surface area contributed by atoms with E-state index in [0.29, 0.717) is 5.56 Å². The van der Waals surface area contributed by atoms with Gasteiger partial charge in [-0.25, -0.2) is 4.39 Å². The molecule has 0 spiro atoms. The monoisotopic (exact) mass is 183 g/mol. The molecule has 0 aliphatic rings. The second-order valence-electron chi connectivity index (χ2n) is 3.05. The first-order valence-corrected chi connectivity index (χ1v) is 4.23. The largest absolute Gasteiger partial charge is 0.394 e. The highest BCUT2D eigenvalue weighted by molar-refractivity contribution is 5.26. The standard InChI is InChI=1S/C10H14FNO/c1-7-3-4-8(9(11)5-7)10(6-13)12-2/h3-5,10,12-13H,6H2,1-2H3. The summed E-state index contributed by atoms with van der Waals surface area (Å²) in [6, 6.07) is 4.68. The maximum Gasteiger partial charge on any atom is 0.128 e. The molecule has 13 heavy (non-hydrogen) atoms. The highest BCUT2D eigenvalue weighted by Gasteiger charge is 2.11. The van der Waals surface area contributed by atoms with Crippen LogP contribution >= 0.6 is 0 Å². The van der Waals surface area contributed by atoms with E-state index in [2.05, 4.69) is 5.32 Å². The van der Waals surface area contributed by atoms with Crippen LogP contribution in [0, 0.1) is 12.7 Å². The lowest BCUT2D eigenvalue weighted by Gasteiger charge is -2.14. The summed E-state index contributed by atoms with van der Waals surface area (Å²) in [6.07, 6.45) is 0. The van der Waals surface area contributed by atoms with Crippen molar-refractivity contribution in [3.8, 4) is 0 Å². The summed E-state index contributed by atoms with van der Waals surface area (Å²) in [7, 11) is 1.69. The molecule has 0 saturated carbocycles. The Morgan fingerprint density at radius 3 is 2.69 bits per heavy atom. The molecule has 2 nitrogen and oxygen atoms in total. The van der Waals surface area contributed by atoms with Gasteiger partial charge in [-0.3, -0.25) is 0 Å². The fourth-order valence-corrected chi connectivity index (χ4v) is 1.26. The molecule has 0 saturated heterocycles. The van der Waals surface area contributed by atoms with Gasteiger partial charge in [-0.2, -0.15) is 0 Å². The fraction of sp³-hybridized carbons (Fsp3) is 0.400. The zero-order chi connectivity index (χ0) is 9.84. The minimum atomic E-state index is -0.319. The van der Waals surface area contributed by atoms with Crippen molar-refractivity contribution >= 4 is 0 Å². The summed E-state index contributed by atoms with van der Waals surface area (Å²) in [4.78, 5) is 0. The molecule has 0 aromatic heterocycles. The first-order chi connectivity index (χ1) is 6.19. The molecule has 1 unspecified atom stereocenters. The third kappa shape index (κ3) is 2.26. The Hall–Kier alpha value is -0.930. The Bertz CT molecular complexity index is 284. The van der Waals surface area contributed by atoms with Gasteiger partial charge in [0.1, 0.15) is 5.82 Å². The third-order valence-electron chi connectivity index (χ3n) is 2.06. The van der Waals surface area contributed by atoms with Gasteiger partial charge in [-0.1, -0.05) is 12.1 Å². The number of halogens is 1. The van der Waals surface area contributed by atoms with Crippen molar-refractivity contribution in [2.45, 2.75) is 13.0 Å². The number of aryl methyl sites for hydroxylation is 1. The predicted molar refractivity (Wildman–Crippen MR) is 50.0 cm³/mol. The molecular weight excluding hydrogens is 169 g/mol. The molecule has 0 amide bonds. The summed E-state index contributed by atoms with van der Waals surface area (Å²) < 4.78 is 13.3. The average Bonchev–Trinajstić information content (AvgIpc) is 2.10. The number of nitrogens with one attached hydrogen (secondary N) is 1. The van der Waals surface area contributed by atoms with Crippen molar-refractivity contribution in [1.29, 1.82) is 0 Å². The lowest BCUT2D eigenvalue weighted by molar-refractivity contribution is 0.248. The number of benzene rings is 1. The van der Waals surface area contributed by atoms with Crippen molar-refractivity contribution in [2.75, 3.05) is 13.7 Å². The van der Waals surface area contributed by atoms with Gasteiger partial charge in [0.15, 0.2) is 0 Å². The van der Waals surface area contributed by atoms with Gasteiger partial charge in [0.05, 0.1) is 12.6 Å². The first kappa shape index (κ1) is 10.2. The molecule has 0 aliphatic heterocycles. The second kappa shape index (κ2) is 4.35. The molecule has 0 radical (unpaired) electrons. The Kier molecular flexibility index (Phi) is 3.39. The maximum absolute atomic E-state index is 13.3. The summed E-state index contributed by atoms with van der Waals surface area (Å²) >= 11 is 0. The first-order valence-electron chi connectivity index (χ1n) is 4.23. The van der Waals surface area contributed by atoms with Crippen LogP contribution in [0.25, 0.3) is 0 Å². The molecule has 1 aromatic rings. The average molecular weight is 183 g/mol. The van der Waals surface area contributed by atoms with E-state index >= 15 is 0 Å². The van der Waals surface area contributed by atoms with Gasteiger partial charge in [0.2, 0.25) is 0 Å². The van der Waals surface area contributed by atoms with Crippen LogP contribution in [0.3, 0.4) is 0 Å². The van der Waals surface area contributed by atoms with E-state index in [0.717, 1.165) is 5.56 Å². The minimum Gasteiger partial charge on any atom is -0.394 e. The minimum absolute atomic E-state index is 0.101. The van der Waals surface area contributed by atoms with Crippen LogP contribution in [-0.2, 0) is 0 Å². The Morgan fingerprint density at radius 1 is 1.54 bits per heavy atom. The topological polar surface area (TPSA) is 32.3 Å². The maximum atomic E-state index is 13.3. The molecule has 1 rings (SSSR count). The highest BCUT2D eigenvalue weighted by Crippen LogP contribution is 2.17. The van der Waals surface area contributed by atoms with Gasteiger partial charge in [-0.05, 0) is 25.6 Å². The van der Waals surface area contributed by atoms with Crippen molar-refractivity contribution in [3.05, 3.63) is 35.1 Å². The van der Waals surface area contributed by atoms with E-state index in [1.165, 1.54) is 6.07 Å².